The van der Waals surface area contributed by atoms with E-state index in [4.69, 9.17) is 0 Å². The molecule has 0 saturated carbocycles. The topological polar surface area (TPSA) is 29.1 Å². The number of hydrogen-bond donors (Lipinski definition) is 1. The van der Waals surface area contributed by atoms with Crippen LogP contribution in [0.15, 0.2) is 146 Å². The summed E-state index contributed by atoms with van der Waals surface area (Å²) in [6, 6.07) is 50.6. The number of carbonyl (C=O) groups is 1. The number of rotatable bonds is 8. The second-order valence-electron chi connectivity index (χ2n) is 8.84. The zero-order chi connectivity index (χ0) is 24.6. The molecule has 2 nitrogen and oxygen atoms in total. The van der Waals surface area contributed by atoms with Crippen LogP contribution in [-0.2, 0) is 17.4 Å². The fourth-order valence-electron chi connectivity index (χ4n) is 4.78. The Morgan fingerprint density at radius 3 is 1.44 bits per heavy atom. The maximum absolute atomic E-state index is 13.0. The minimum atomic E-state index is -2.06. The average molecular weight is 487 g/mol. The quantitative estimate of drug-likeness (QED) is 0.254. The van der Waals surface area contributed by atoms with Crippen LogP contribution in [0.5, 0.6) is 0 Å². The molecule has 0 saturated heterocycles. The lowest BCUT2D eigenvalue weighted by Crippen LogP contribution is -2.32. The van der Waals surface area contributed by atoms with Crippen LogP contribution in [-0.4, -0.2) is 5.91 Å². The third-order valence-electron chi connectivity index (χ3n) is 6.50. The summed E-state index contributed by atoms with van der Waals surface area (Å²) in [4.78, 5) is 13.0. The highest BCUT2D eigenvalue weighted by Crippen LogP contribution is 2.58. The molecule has 0 aliphatic rings. The molecule has 5 rings (SSSR count). The van der Waals surface area contributed by atoms with E-state index in [1.807, 2.05) is 42.5 Å². The van der Waals surface area contributed by atoms with E-state index in [0.717, 1.165) is 23.0 Å². The molecule has 0 radical (unpaired) electrons. The molecule has 5 aromatic rings. The third kappa shape index (κ3) is 5.15. The molecular weight excluding hydrogens is 457 g/mol. The predicted molar refractivity (Wildman–Crippen MR) is 154 cm³/mol. The molecule has 0 atom stereocenters. The number of amides is 1. The van der Waals surface area contributed by atoms with E-state index in [1.165, 1.54) is 15.9 Å². The molecule has 0 aliphatic heterocycles. The van der Waals surface area contributed by atoms with Crippen molar-refractivity contribution in [2.75, 3.05) is 5.32 Å². The highest BCUT2D eigenvalue weighted by atomic mass is 31.2. The smallest absolute Gasteiger partial charge is 0.228 e. The van der Waals surface area contributed by atoms with Gasteiger partial charge < -0.3 is 5.32 Å². The summed E-state index contributed by atoms with van der Waals surface area (Å²) in [5.74, 6) is -0.00304. The Labute approximate surface area is 214 Å². The number of nitrogens with one attached hydrogen (secondary N) is 1. The van der Waals surface area contributed by atoms with Crippen LogP contribution in [0.4, 0.5) is 5.69 Å². The first kappa shape index (κ1) is 23.7. The van der Waals surface area contributed by atoms with Gasteiger partial charge in [-0.05, 0) is 48.0 Å². The molecular formula is C33H29NOP+. The fraction of sp³-hybridized carbons (Fsp3) is 0.0606. The lowest BCUT2D eigenvalue weighted by atomic mass is 10.1. The SMILES string of the molecule is O=C(Cc1ccccc1)Nc1ccccc1C[P+](c1ccccc1)(c1ccccc1)c1ccccc1. The van der Waals surface area contributed by atoms with E-state index in [-0.39, 0.29) is 5.91 Å². The highest BCUT2D eigenvalue weighted by molar-refractivity contribution is 7.95. The van der Waals surface area contributed by atoms with Crippen molar-refractivity contribution in [3.05, 3.63) is 157 Å². The molecule has 1 N–H and O–H groups in total. The first-order valence-corrected chi connectivity index (χ1v) is 14.2. The van der Waals surface area contributed by atoms with Crippen molar-refractivity contribution in [2.45, 2.75) is 12.6 Å². The van der Waals surface area contributed by atoms with Gasteiger partial charge in [-0.1, -0.05) is 103 Å². The maximum Gasteiger partial charge on any atom is 0.228 e. The van der Waals surface area contributed by atoms with Gasteiger partial charge in [-0.25, -0.2) is 0 Å². The molecule has 0 unspecified atom stereocenters. The molecule has 5 aromatic carbocycles. The van der Waals surface area contributed by atoms with Gasteiger partial charge in [0, 0.05) is 11.3 Å². The van der Waals surface area contributed by atoms with Crippen LogP contribution in [0.2, 0.25) is 0 Å². The molecule has 0 aliphatic carbocycles. The van der Waals surface area contributed by atoms with Crippen LogP contribution in [0.1, 0.15) is 11.1 Å². The maximum atomic E-state index is 13.0. The molecule has 0 spiro atoms. The molecule has 176 valence electrons. The van der Waals surface area contributed by atoms with Crippen molar-refractivity contribution < 1.29 is 4.79 Å². The third-order valence-corrected chi connectivity index (χ3v) is 10.9. The van der Waals surface area contributed by atoms with Gasteiger partial charge >= 0.3 is 0 Å². The van der Waals surface area contributed by atoms with Gasteiger partial charge in [0.15, 0.2) is 0 Å². The zero-order valence-electron chi connectivity index (χ0n) is 20.1. The summed E-state index contributed by atoms with van der Waals surface area (Å²) in [5, 5.41) is 7.19. The summed E-state index contributed by atoms with van der Waals surface area (Å²) in [6.45, 7) is 0. The second-order valence-corrected chi connectivity index (χ2v) is 12.3. The van der Waals surface area contributed by atoms with Gasteiger partial charge in [-0.2, -0.15) is 0 Å². The van der Waals surface area contributed by atoms with Crippen molar-refractivity contribution in [1.82, 2.24) is 0 Å². The normalized spacial score (nSPS) is 11.1. The van der Waals surface area contributed by atoms with Gasteiger partial charge in [-0.3, -0.25) is 4.79 Å². The minimum Gasteiger partial charge on any atom is -0.325 e. The van der Waals surface area contributed by atoms with Crippen LogP contribution in [0.25, 0.3) is 0 Å². The molecule has 0 heterocycles. The van der Waals surface area contributed by atoms with Crippen molar-refractivity contribution in [1.29, 1.82) is 0 Å². The lowest BCUT2D eigenvalue weighted by molar-refractivity contribution is -0.115. The summed E-state index contributed by atoms with van der Waals surface area (Å²) in [7, 11) is -2.06. The number of carbonyl (C=O) groups excluding carboxylic acids is 1. The summed E-state index contributed by atoms with van der Waals surface area (Å²) in [6.07, 6.45) is 1.17. The van der Waals surface area contributed by atoms with Gasteiger partial charge in [0.25, 0.3) is 0 Å². The molecule has 0 aromatic heterocycles. The minimum absolute atomic E-state index is 0.00304. The Morgan fingerprint density at radius 1 is 0.528 bits per heavy atom. The van der Waals surface area contributed by atoms with Crippen LogP contribution < -0.4 is 21.2 Å². The van der Waals surface area contributed by atoms with Crippen LogP contribution in [0.3, 0.4) is 0 Å². The monoisotopic (exact) mass is 486 g/mol. The summed E-state index contributed by atoms with van der Waals surface area (Å²) < 4.78 is 0. The Kier molecular flexibility index (Phi) is 7.36. The first-order chi connectivity index (χ1) is 17.8. The Bertz CT molecular complexity index is 1310. The zero-order valence-corrected chi connectivity index (χ0v) is 21.0. The van der Waals surface area contributed by atoms with Crippen LogP contribution >= 0.6 is 7.26 Å². The first-order valence-electron chi connectivity index (χ1n) is 12.2. The van der Waals surface area contributed by atoms with Crippen molar-refractivity contribution in [2.24, 2.45) is 0 Å². The predicted octanol–water partition coefficient (Wildman–Crippen LogP) is 6.36. The van der Waals surface area contributed by atoms with Gasteiger partial charge in [0.05, 0.1) is 6.42 Å². The van der Waals surface area contributed by atoms with E-state index in [2.05, 4.69) is 108 Å². The Morgan fingerprint density at radius 2 is 0.944 bits per heavy atom. The van der Waals surface area contributed by atoms with Crippen molar-refractivity contribution in [3.8, 4) is 0 Å². The largest absolute Gasteiger partial charge is 0.325 e. The van der Waals surface area contributed by atoms with Crippen molar-refractivity contribution >= 4 is 34.8 Å². The van der Waals surface area contributed by atoms with E-state index in [0.29, 0.717) is 6.42 Å². The number of hydrogen-bond acceptors (Lipinski definition) is 1. The van der Waals surface area contributed by atoms with Crippen LogP contribution in [0, 0.1) is 0 Å². The standard InChI is InChI=1S/C33H28NOP/c35-33(25-27-15-5-1-6-16-27)34-32-24-14-13-17-28(32)26-36(29-18-7-2-8-19-29,30-20-9-3-10-21-30)31-22-11-4-12-23-31/h1-24H,25-26H2/p+1. The molecule has 0 bridgehead atoms. The lowest BCUT2D eigenvalue weighted by Gasteiger charge is -2.28. The Balaban J connectivity index is 1.59. The average Bonchev–Trinajstić information content (AvgIpc) is 2.94. The number of anilines is 1. The highest BCUT2D eigenvalue weighted by Gasteiger charge is 2.45. The van der Waals surface area contributed by atoms with Gasteiger partial charge in [-0.15, -0.1) is 0 Å². The second kappa shape index (κ2) is 11.2. The van der Waals surface area contributed by atoms with E-state index < -0.39 is 7.26 Å². The molecule has 1 amide bonds. The molecule has 0 fully saturated rings. The fourth-order valence-corrected chi connectivity index (χ4v) is 9.05. The van der Waals surface area contributed by atoms with E-state index in [9.17, 15) is 4.79 Å². The van der Waals surface area contributed by atoms with Crippen molar-refractivity contribution in [3.63, 3.8) is 0 Å². The number of para-hydroxylation sites is 1. The summed E-state index contributed by atoms with van der Waals surface area (Å²) >= 11 is 0. The molecule has 36 heavy (non-hydrogen) atoms. The Hall–Kier alpha value is -4.00. The van der Waals surface area contributed by atoms with Gasteiger partial charge in [0.2, 0.25) is 5.91 Å². The van der Waals surface area contributed by atoms with E-state index in [1.54, 1.807) is 0 Å². The van der Waals surface area contributed by atoms with Gasteiger partial charge in [0.1, 0.15) is 29.3 Å². The summed E-state index contributed by atoms with van der Waals surface area (Å²) in [5.41, 5.74) is 3.03. The number of benzene rings is 5. The van der Waals surface area contributed by atoms with E-state index >= 15 is 0 Å². The molecule has 3 heteroatoms.